The third-order valence-electron chi connectivity index (χ3n) is 6.29. The first kappa shape index (κ1) is 18.1. The summed E-state index contributed by atoms with van der Waals surface area (Å²) >= 11 is 0. The number of hydrogen-bond donors (Lipinski definition) is 1. The summed E-state index contributed by atoms with van der Waals surface area (Å²) in [6, 6.07) is 3.82. The molecular weight excluding hydrogens is 354 g/mol. The average Bonchev–Trinajstić information content (AvgIpc) is 3.20. The van der Waals surface area contributed by atoms with Crippen molar-refractivity contribution in [3.63, 3.8) is 0 Å². The van der Waals surface area contributed by atoms with Crippen LogP contribution in [0.1, 0.15) is 57.2 Å². The maximum absolute atomic E-state index is 13.4. The lowest BCUT2D eigenvalue weighted by molar-refractivity contribution is -0.0158. The van der Waals surface area contributed by atoms with Crippen molar-refractivity contribution in [2.24, 2.45) is 5.41 Å². The quantitative estimate of drug-likeness (QED) is 0.808. The largest absolute Gasteiger partial charge is 0.481 e. The molecule has 0 atom stereocenters. The van der Waals surface area contributed by atoms with E-state index in [4.69, 9.17) is 9.26 Å². The highest BCUT2D eigenvalue weighted by atomic mass is 19.3. The van der Waals surface area contributed by atoms with Crippen molar-refractivity contribution in [1.82, 2.24) is 15.1 Å². The number of rotatable bonds is 6. The molecule has 3 aliphatic carbocycles. The number of methoxy groups -OCH3 is 1. The summed E-state index contributed by atoms with van der Waals surface area (Å²) in [6.07, 6.45) is 7.51. The molecule has 2 aromatic heterocycles. The molecule has 3 fully saturated rings. The van der Waals surface area contributed by atoms with Crippen molar-refractivity contribution in [1.29, 1.82) is 0 Å². The maximum atomic E-state index is 13.4. The van der Waals surface area contributed by atoms with Gasteiger partial charge in [0.25, 0.3) is 5.89 Å². The van der Waals surface area contributed by atoms with Crippen molar-refractivity contribution in [2.75, 3.05) is 19.0 Å². The molecule has 0 aliphatic heterocycles. The van der Waals surface area contributed by atoms with Gasteiger partial charge >= 0.3 is 5.92 Å². The minimum Gasteiger partial charge on any atom is -0.481 e. The Bertz CT molecular complexity index is 794. The van der Waals surface area contributed by atoms with Crippen molar-refractivity contribution in [2.45, 2.75) is 56.8 Å². The van der Waals surface area contributed by atoms with Crippen molar-refractivity contribution in [3.05, 3.63) is 30.0 Å². The second-order valence-electron chi connectivity index (χ2n) is 8.03. The zero-order chi connectivity index (χ0) is 19.1. The molecule has 2 heterocycles. The van der Waals surface area contributed by atoms with Gasteiger partial charge in [0, 0.05) is 36.8 Å². The van der Waals surface area contributed by atoms with Crippen molar-refractivity contribution >= 4 is 5.69 Å². The number of pyridine rings is 1. The van der Waals surface area contributed by atoms with Crippen LogP contribution >= 0.6 is 0 Å². The van der Waals surface area contributed by atoms with Gasteiger partial charge in [-0.2, -0.15) is 13.8 Å². The molecule has 0 spiro atoms. The summed E-state index contributed by atoms with van der Waals surface area (Å²) in [7, 11) is 1.60. The number of alkyl halides is 2. The zero-order valence-electron chi connectivity index (χ0n) is 15.6. The summed E-state index contributed by atoms with van der Waals surface area (Å²) < 4.78 is 36.9. The summed E-state index contributed by atoms with van der Waals surface area (Å²) in [6.45, 7) is 1.66. The topological polar surface area (TPSA) is 73.1 Å². The van der Waals surface area contributed by atoms with Crippen LogP contribution < -0.4 is 10.1 Å². The van der Waals surface area contributed by atoms with E-state index in [2.05, 4.69) is 20.4 Å². The van der Waals surface area contributed by atoms with E-state index in [-0.39, 0.29) is 10.8 Å². The van der Waals surface area contributed by atoms with E-state index in [1.807, 2.05) is 12.1 Å². The molecule has 0 saturated heterocycles. The van der Waals surface area contributed by atoms with Crippen LogP contribution in [0.4, 0.5) is 14.5 Å². The Balaban J connectivity index is 1.42. The number of nitrogens with one attached hydrogen (secondary N) is 1. The van der Waals surface area contributed by atoms with Gasteiger partial charge in [0.15, 0.2) is 5.82 Å². The Morgan fingerprint density at radius 1 is 1.22 bits per heavy atom. The Hall–Kier alpha value is -2.25. The SMILES string of the molecule is COc1cc(NCC23CCC(c4noc(C(C)(F)F)n4)(CC2)CC3)ccn1. The van der Waals surface area contributed by atoms with Gasteiger partial charge < -0.3 is 14.6 Å². The molecule has 2 aromatic rings. The van der Waals surface area contributed by atoms with E-state index >= 15 is 0 Å². The van der Waals surface area contributed by atoms with Gasteiger partial charge in [-0.25, -0.2) is 4.98 Å². The molecule has 3 saturated carbocycles. The molecule has 8 heteroatoms. The van der Waals surface area contributed by atoms with Gasteiger partial charge in [0.05, 0.1) is 7.11 Å². The number of nitrogens with zero attached hydrogens (tertiary/aromatic N) is 3. The van der Waals surface area contributed by atoms with Crippen molar-refractivity contribution in [3.8, 4) is 5.88 Å². The fraction of sp³-hybridized carbons (Fsp3) is 0.632. The summed E-state index contributed by atoms with van der Waals surface area (Å²) in [5.74, 6) is -2.63. The van der Waals surface area contributed by atoms with Gasteiger partial charge in [-0.3, -0.25) is 0 Å². The Kier molecular flexibility index (Phi) is 4.31. The number of aromatic nitrogens is 3. The summed E-state index contributed by atoms with van der Waals surface area (Å²) in [5.41, 5.74) is 1.00. The standard InChI is InChI=1S/C19H24F2N4O2/c1-17(20,21)16-24-15(25-27-16)19-7-4-18(5-8-19,6-9-19)12-23-13-3-10-22-14(11-13)26-2/h3,10-11H,4-9,12H2,1-2H3,(H,22,23). The van der Waals surface area contributed by atoms with Gasteiger partial charge in [-0.15, -0.1) is 0 Å². The molecule has 3 aliphatic rings. The number of ether oxygens (including phenoxy) is 1. The smallest absolute Gasteiger partial charge is 0.322 e. The molecular formula is C19H24F2N4O2. The second kappa shape index (κ2) is 6.42. The normalized spacial score (nSPS) is 27.6. The Labute approximate surface area is 156 Å². The minimum absolute atomic E-state index is 0.214. The van der Waals surface area contributed by atoms with Gasteiger partial charge in [-0.1, -0.05) is 5.16 Å². The first-order valence-corrected chi connectivity index (χ1v) is 9.31. The van der Waals surface area contributed by atoms with E-state index in [1.165, 1.54) is 0 Å². The van der Waals surface area contributed by atoms with E-state index in [0.717, 1.165) is 57.7 Å². The predicted octanol–water partition coefficient (Wildman–Crippen LogP) is 4.29. The summed E-state index contributed by atoms with van der Waals surface area (Å²) in [4.78, 5) is 8.17. The van der Waals surface area contributed by atoms with Crippen LogP contribution in [0.3, 0.4) is 0 Å². The predicted molar refractivity (Wildman–Crippen MR) is 95.0 cm³/mol. The highest BCUT2D eigenvalue weighted by Gasteiger charge is 2.52. The van der Waals surface area contributed by atoms with Gasteiger partial charge in [0.2, 0.25) is 5.88 Å². The first-order chi connectivity index (χ1) is 12.8. The second-order valence-corrected chi connectivity index (χ2v) is 8.03. The van der Waals surface area contributed by atoms with Crippen LogP contribution in [0.15, 0.2) is 22.9 Å². The fourth-order valence-corrected chi connectivity index (χ4v) is 4.40. The first-order valence-electron chi connectivity index (χ1n) is 9.31. The van der Waals surface area contributed by atoms with E-state index in [9.17, 15) is 8.78 Å². The van der Waals surface area contributed by atoms with E-state index < -0.39 is 11.8 Å². The number of fused-ring (bicyclic) bond motifs is 3. The molecule has 2 bridgehead atoms. The van der Waals surface area contributed by atoms with Gasteiger partial charge in [0.1, 0.15) is 0 Å². The highest BCUT2D eigenvalue weighted by molar-refractivity contribution is 5.45. The molecule has 0 radical (unpaired) electrons. The number of halogens is 2. The molecule has 5 rings (SSSR count). The van der Waals surface area contributed by atoms with Crippen LogP contribution in [0.2, 0.25) is 0 Å². The highest BCUT2D eigenvalue weighted by Crippen LogP contribution is 2.57. The molecule has 1 N–H and O–H groups in total. The lowest BCUT2D eigenvalue weighted by atomic mass is 9.53. The van der Waals surface area contributed by atoms with E-state index in [0.29, 0.717) is 11.7 Å². The third kappa shape index (κ3) is 3.37. The maximum Gasteiger partial charge on any atom is 0.322 e. The molecule has 27 heavy (non-hydrogen) atoms. The van der Waals surface area contributed by atoms with Gasteiger partial charge in [-0.05, 0) is 50.0 Å². The zero-order valence-corrected chi connectivity index (χ0v) is 15.6. The molecule has 0 unspecified atom stereocenters. The molecule has 146 valence electrons. The molecule has 0 amide bonds. The Morgan fingerprint density at radius 3 is 2.52 bits per heavy atom. The number of anilines is 1. The Morgan fingerprint density at radius 2 is 1.93 bits per heavy atom. The lowest BCUT2D eigenvalue weighted by Gasteiger charge is -2.52. The third-order valence-corrected chi connectivity index (χ3v) is 6.29. The lowest BCUT2D eigenvalue weighted by Crippen LogP contribution is -2.47. The molecule has 6 nitrogen and oxygen atoms in total. The van der Waals surface area contributed by atoms with E-state index in [1.54, 1.807) is 13.3 Å². The summed E-state index contributed by atoms with van der Waals surface area (Å²) in [5, 5.41) is 7.42. The van der Waals surface area contributed by atoms with Crippen LogP contribution in [0.5, 0.6) is 5.88 Å². The fourth-order valence-electron chi connectivity index (χ4n) is 4.40. The van der Waals surface area contributed by atoms with Crippen LogP contribution in [0, 0.1) is 5.41 Å². The van der Waals surface area contributed by atoms with Crippen molar-refractivity contribution < 1.29 is 18.0 Å². The van der Waals surface area contributed by atoms with Crippen LogP contribution in [-0.4, -0.2) is 28.8 Å². The minimum atomic E-state index is -3.09. The average molecular weight is 378 g/mol. The van der Waals surface area contributed by atoms with Crippen LogP contribution in [-0.2, 0) is 11.3 Å². The number of hydrogen-bond acceptors (Lipinski definition) is 6. The monoisotopic (exact) mass is 378 g/mol. The molecule has 0 aromatic carbocycles. The van der Waals surface area contributed by atoms with Crippen LogP contribution in [0.25, 0.3) is 0 Å².